The van der Waals surface area contributed by atoms with Crippen molar-refractivity contribution in [3.63, 3.8) is 0 Å². The third kappa shape index (κ3) is 3.26. The van der Waals surface area contributed by atoms with Crippen molar-refractivity contribution in [2.45, 2.75) is 26.7 Å². The number of aryl methyl sites for hydroxylation is 1. The molecule has 2 heterocycles. The maximum atomic E-state index is 12.4. The van der Waals surface area contributed by atoms with Crippen molar-refractivity contribution in [2.75, 3.05) is 29.9 Å². The molecule has 0 amide bonds. The van der Waals surface area contributed by atoms with Gasteiger partial charge in [0.05, 0.1) is 6.54 Å². The van der Waals surface area contributed by atoms with Crippen molar-refractivity contribution in [1.82, 2.24) is 4.57 Å². The zero-order valence-corrected chi connectivity index (χ0v) is 14.2. The number of carbonyl (C=O) groups is 1. The highest BCUT2D eigenvalue weighted by atomic mass is 16.1. The quantitative estimate of drug-likeness (QED) is 0.858. The van der Waals surface area contributed by atoms with Gasteiger partial charge in [-0.1, -0.05) is 0 Å². The molecule has 1 aromatic carbocycles. The zero-order chi connectivity index (χ0) is 16.4. The Balaban J connectivity index is 1.61. The van der Waals surface area contributed by atoms with Crippen LogP contribution in [0.4, 0.5) is 11.4 Å². The molecule has 1 fully saturated rings. The number of rotatable bonds is 5. The zero-order valence-electron chi connectivity index (χ0n) is 14.2. The van der Waals surface area contributed by atoms with Gasteiger partial charge in [-0.15, -0.1) is 0 Å². The monoisotopic (exact) mass is 311 g/mol. The molecule has 1 aliphatic heterocycles. The first-order chi connectivity index (χ1) is 11.1. The van der Waals surface area contributed by atoms with Crippen molar-refractivity contribution in [2.24, 2.45) is 7.05 Å². The number of carbonyl (C=O) groups excluding carboxylic acids is 1. The van der Waals surface area contributed by atoms with Crippen LogP contribution in [0.1, 0.15) is 34.6 Å². The Labute approximate surface area is 138 Å². The summed E-state index contributed by atoms with van der Waals surface area (Å²) in [5, 5.41) is 3.24. The number of Topliss-reactive ketones (excluding diaryl/α,β-unsaturated/α-hetero) is 1. The van der Waals surface area contributed by atoms with Crippen molar-refractivity contribution >= 4 is 17.2 Å². The molecule has 1 saturated heterocycles. The molecule has 1 aliphatic rings. The first kappa shape index (κ1) is 15.7. The predicted molar refractivity (Wildman–Crippen MR) is 95.6 cm³/mol. The largest absolute Gasteiger partial charge is 0.378 e. The van der Waals surface area contributed by atoms with E-state index >= 15 is 0 Å². The number of hydrogen-bond acceptors (Lipinski definition) is 3. The number of nitrogens with zero attached hydrogens (tertiary/aromatic N) is 2. The Bertz CT molecular complexity index is 694. The van der Waals surface area contributed by atoms with E-state index in [2.05, 4.69) is 39.0 Å². The lowest BCUT2D eigenvalue weighted by atomic mass is 10.1. The number of benzene rings is 1. The summed E-state index contributed by atoms with van der Waals surface area (Å²) in [5.74, 6) is 0.134. The van der Waals surface area contributed by atoms with Gasteiger partial charge >= 0.3 is 0 Å². The highest BCUT2D eigenvalue weighted by molar-refractivity contribution is 6.00. The lowest BCUT2D eigenvalue weighted by Crippen LogP contribution is -2.17. The normalized spacial score (nSPS) is 14.3. The molecule has 0 atom stereocenters. The molecular formula is C19H25N3O. The number of ketones is 1. The van der Waals surface area contributed by atoms with Gasteiger partial charge in [0.15, 0.2) is 5.78 Å². The molecule has 0 unspecified atom stereocenters. The minimum Gasteiger partial charge on any atom is -0.378 e. The van der Waals surface area contributed by atoms with E-state index in [9.17, 15) is 4.79 Å². The summed E-state index contributed by atoms with van der Waals surface area (Å²) >= 11 is 0. The van der Waals surface area contributed by atoms with Gasteiger partial charge in [-0.3, -0.25) is 4.79 Å². The van der Waals surface area contributed by atoms with E-state index in [-0.39, 0.29) is 5.78 Å². The van der Waals surface area contributed by atoms with E-state index in [1.54, 1.807) is 0 Å². The van der Waals surface area contributed by atoms with Crippen LogP contribution in [-0.4, -0.2) is 30.0 Å². The van der Waals surface area contributed by atoms with Crippen LogP contribution in [0.5, 0.6) is 0 Å². The number of anilines is 2. The smallest absolute Gasteiger partial charge is 0.183 e. The molecule has 0 radical (unpaired) electrons. The summed E-state index contributed by atoms with van der Waals surface area (Å²) in [6.45, 7) is 6.64. The third-order valence-electron chi connectivity index (χ3n) is 4.87. The van der Waals surface area contributed by atoms with E-state index in [1.807, 2.05) is 27.0 Å². The van der Waals surface area contributed by atoms with Gasteiger partial charge in [-0.05, 0) is 57.0 Å². The third-order valence-corrected chi connectivity index (χ3v) is 4.87. The lowest BCUT2D eigenvalue weighted by molar-refractivity contribution is 0.101. The predicted octanol–water partition coefficient (Wildman–Crippen LogP) is 3.54. The molecule has 4 heteroatoms. The Kier molecular flexibility index (Phi) is 4.42. The summed E-state index contributed by atoms with van der Waals surface area (Å²) in [6, 6.07) is 10.4. The molecule has 1 N–H and O–H groups in total. The van der Waals surface area contributed by atoms with E-state index in [0.29, 0.717) is 6.54 Å². The highest BCUT2D eigenvalue weighted by Gasteiger charge is 2.14. The summed E-state index contributed by atoms with van der Waals surface area (Å²) in [5.41, 5.74) is 5.21. The van der Waals surface area contributed by atoms with Gasteiger partial charge < -0.3 is 14.8 Å². The van der Waals surface area contributed by atoms with E-state index < -0.39 is 0 Å². The molecule has 0 aliphatic carbocycles. The molecule has 23 heavy (non-hydrogen) atoms. The molecule has 0 spiro atoms. The highest BCUT2D eigenvalue weighted by Crippen LogP contribution is 2.22. The van der Waals surface area contributed by atoms with E-state index in [4.69, 9.17) is 0 Å². The van der Waals surface area contributed by atoms with Gasteiger partial charge in [-0.25, -0.2) is 0 Å². The Hall–Kier alpha value is -2.23. The number of aromatic nitrogens is 1. The average Bonchev–Trinajstić information content (AvgIpc) is 3.18. The van der Waals surface area contributed by atoms with Crippen molar-refractivity contribution in [1.29, 1.82) is 0 Å². The van der Waals surface area contributed by atoms with Gasteiger partial charge in [0.1, 0.15) is 0 Å². The van der Waals surface area contributed by atoms with Crippen LogP contribution in [0.3, 0.4) is 0 Å². The number of hydrogen-bond donors (Lipinski definition) is 1. The van der Waals surface area contributed by atoms with Crippen LogP contribution in [0.2, 0.25) is 0 Å². The maximum Gasteiger partial charge on any atom is 0.183 e. The van der Waals surface area contributed by atoms with Crippen LogP contribution in [-0.2, 0) is 7.05 Å². The van der Waals surface area contributed by atoms with E-state index in [1.165, 1.54) is 18.5 Å². The lowest BCUT2D eigenvalue weighted by Gasteiger charge is -2.17. The fourth-order valence-corrected chi connectivity index (χ4v) is 3.18. The topological polar surface area (TPSA) is 37.3 Å². The molecular weight excluding hydrogens is 286 g/mol. The molecule has 1 aromatic heterocycles. The second-order valence-electron chi connectivity index (χ2n) is 6.36. The van der Waals surface area contributed by atoms with Crippen LogP contribution in [0, 0.1) is 13.8 Å². The maximum absolute atomic E-state index is 12.4. The second-order valence-corrected chi connectivity index (χ2v) is 6.36. The average molecular weight is 311 g/mol. The Morgan fingerprint density at radius 2 is 1.78 bits per heavy atom. The van der Waals surface area contributed by atoms with Gasteiger partial charge in [0.2, 0.25) is 0 Å². The van der Waals surface area contributed by atoms with Crippen molar-refractivity contribution < 1.29 is 4.79 Å². The molecule has 2 aromatic rings. The fourth-order valence-electron chi connectivity index (χ4n) is 3.18. The minimum atomic E-state index is 0.134. The summed E-state index contributed by atoms with van der Waals surface area (Å²) in [4.78, 5) is 14.8. The van der Waals surface area contributed by atoms with E-state index in [0.717, 1.165) is 35.7 Å². The Morgan fingerprint density at radius 3 is 2.35 bits per heavy atom. The summed E-state index contributed by atoms with van der Waals surface area (Å²) < 4.78 is 2.05. The van der Waals surface area contributed by atoms with Gasteiger partial charge in [0.25, 0.3) is 0 Å². The number of nitrogens with one attached hydrogen (secondary N) is 1. The first-order valence-corrected chi connectivity index (χ1v) is 8.31. The molecule has 4 nitrogen and oxygen atoms in total. The summed E-state index contributed by atoms with van der Waals surface area (Å²) in [7, 11) is 1.99. The standard InChI is InChI=1S/C19H25N3O/c1-14-12-18(15(2)21(14)3)19(23)13-20-16-6-8-17(9-7-16)22-10-4-5-11-22/h6-9,12,20H,4-5,10-11,13H2,1-3H3. The van der Waals surface area contributed by atoms with Crippen molar-refractivity contribution in [3.8, 4) is 0 Å². The molecule has 0 bridgehead atoms. The molecule has 3 rings (SSSR count). The minimum absolute atomic E-state index is 0.134. The summed E-state index contributed by atoms with van der Waals surface area (Å²) in [6.07, 6.45) is 2.56. The first-order valence-electron chi connectivity index (χ1n) is 8.31. The Morgan fingerprint density at radius 1 is 1.13 bits per heavy atom. The van der Waals surface area contributed by atoms with Crippen molar-refractivity contribution in [3.05, 3.63) is 47.3 Å². The molecule has 0 saturated carbocycles. The SMILES string of the molecule is Cc1cc(C(=O)CNc2ccc(N3CCCC3)cc2)c(C)n1C. The molecule has 122 valence electrons. The van der Waals surface area contributed by atoms with Crippen LogP contribution in [0.15, 0.2) is 30.3 Å². The van der Waals surface area contributed by atoms with Crippen LogP contribution < -0.4 is 10.2 Å². The van der Waals surface area contributed by atoms with Crippen LogP contribution in [0.25, 0.3) is 0 Å². The van der Waals surface area contributed by atoms with Gasteiger partial charge in [-0.2, -0.15) is 0 Å². The van der Waals surface area contributed by atoms with Gasteiger partial charge in [0, 0.05) is 48.5 Å². The second kappa shape index (κ2) is 6.49. The van der Waals surface area contributed by atoms with Crippen LogP contribution >= 0.6 is 0 Å². The fraction of sp³-hybridized carbons (Fsp3) is 0.421.